The molecule has 2 heteroatoms. The van der Waals surface area contributed by atoms with Crippen molar-refractivity contribution in [2.24, 2.45) is 0 Å². The van der Waals surface area contributed by atoms with Crippen LogP contribution < -0.4 is 0 Å². The van der Waals surface area contributed by atoms with Gasteiger partial charge in [0, 0.05) is 14.2 Å². The van der Waals surface area contributed by atoms with E-state index in [0.29, 0.717) is 0 Å². The van der Waals surface area contributed by atoms with Crippen molar-refractivity contribution in [1.29, 1.82) is 0 Å². The molecule has 0 spiro atoms. The van der Waals surface area contributed by atoms with Crippen LogP contribution in [0.15, 0.2) is 131 Å². The molecule has 0 heterocycles. The quantitative estimate of drug-likeness (QED) is 0.129. The molecule has 0 aliphatic carbocycles. The summed E-state index contributed by atoms with van der Waals surface area (Å²) in [6.07, 6.45) is 40.9. The summed E-state index contributed by atoms with van der Waals surface area (Å²) in [5.41, 5.74) is 7.61. The SMILES string of the molecule is COC(C)(C)C/C=C/C(C)=C/C=C/C(C)=C/C=C/C(C)=C/C=C/C=C(\C)CC/C=C(C)/C=C/C=C(\C)CCCC(C)(C)OC. The van der Waals surface area contributed by atoms with Crippen LogP contribution in [0.2, 0.25) is 0 Å². The molecule has 0 saturated heterocycles. The van der Waals surface area contributed by atoms with E-state index in [1.807, 2.05) is 0 Å². The van der Waals surface area contributed by atoms with Crippen molar-refractivity contribution in [3.8, 4) is 0 Å². The van der Waals surface area contributed by atoms with Gasteiger partial charge in [0.05, 0.1) is 11.2 Å². The Balaban J connectivity index is 4.62. The van der Waals surface area contributed by atoms with E-state index in [1.54, 1.807) is 14.2 Å². The summed E-state index contributed by atoms with van der Waals surface area (Å²) >= 11 is 0. The average molecular weight is 601 g/mol. The van der Waals surface area contributed by atoms with E-state index >= 15 is 0 Å². The molecular weight excluding hydrogens is 536 g/mol. The zero-order chi connectivity index (χ0) is 33.4. The standard InChI is InChI=1S/C42H64O2/c1-35(23-15-25-37(3)27-17-29-39(5)31-19-33-41(7,8)43-11)21-13-14-22-36(2)24-16-26-38(4)28-18-30-40(6)32-20-34-42(9,10)44-12/h13-15,17-19,21-23,25-31H,16,20,24,32-34H2,1-12H3/b14-13+,23-15+,27-17+,28-18+,31-19+,35-21+,36-22+,37-25+,38-26+,39-29+,40-30+. The third-order valence-corrected chi connectivity index (χ3v) is 7.48. The van der Waals surface area contributed by atoms with Crippen LogP contribution in [0.5, 0.6) is 0 Å². The number of allylic oxidation sites excluding steroid dienone is 21. The van der Waals surface area contributed by atoms with Crippen LogP contribution in [0.4, 0.5) is 0 Å². The van der Waals surface area contributed by atoms with Gasteiger partial charge in [-0.25, -0.2) is 0 Å². The van der Waals surface area contributed by atoms with Crippen LogP contribution >= 0.6 is 0 Å². The van der Waals surface area contributed by atoms with Gasteiger partial charge in [0.2, 0.25) is 0 Å². The van der Waals surface area contributed by atoms with Crippen LogP contribution in [0, 0.1) is 0 Å². The fourth-order valence-corrected chi connectivity index (χ4v) is 3.93. The second-order valence-corrected chi connectivity index (χ2v) is 13.1. The summed E-state index contributed by atoms with van der Waals surface area (Å²) < 4.78 is 11.0. The highest BCUT2D eigenvalue weighted by Crippen LogP contribution is 2.19. The van der Waals surface area contributed by atoms with Crippen LogP contribution in [0.25, 0.3) is 0 Å². The van der Waals surface area contributed by atoms with Gasteiger partial charge in [-0.15, -0.1) is 0 Å². The maximum Gasteiger partial charge on any atom is 0.0657 e. The first kappa shape index (κ1) is 41.1. The van der Waals surface area contributed by atoms with E-state index in [2.05, 4.69) is 166 Å². The topological polar surface area (TPSA) is 18.5 Å². The highest BCUT2D eigenvalue weighted by Gasteiger charge is 2.15. The lowest BCUT2D eigenvalue weighted by Gasteiger charge is -2.22. The zero-order valence-corrected chi connectivity index (χ0v) is 30.3. The number of rotatable bonds is 20. The average Bonchev–Trinajstić information content (AvgIpc) is 2.95. The molecule has 0 amide bonds. The molecule has 44 heavy (non-hydrogen) atoms. The minimum atomic E-state index is -0.119. The molecule has 0 aliphatic heterocycles. The fourth-order valence-electron chi connectivity index (χ4n) is 3.93. The summed E-state index contributed by atoms with van der Waals surface area (Å²) in [5, 5.41) is 0. The highest BCUT2D eigenvalue weighted by atomic mass is 16.5. The highest BCUT2D eigenvalue weighted by molar-refractivity contribution is 5.31. The van der Waals surface area contributed by atoms with Gasteiger partial charge in [-0.2, -0.15) is 0 Å². The Kier molecular flexibility index (Phi) is 21.9. The fraction of sp³-hybridized carbons (Fsp3) is 0.476. The maximum atomic E-state index is 5.51. The molecule has 0 N–H and O–H groups in total. The first-order valence-corrected chi connectivity index (χ1v) is 16.2. The number of methoxy groups -OCH3 is 2. The van der Waals surface area contributed by atoms with Gasteiger partial charge in [-0.3, -0.25) is 0 Å². The Bertz CT molecular complexity index is 1160. The normalized spacial score (nSPS) is 15.9. The lowest BCUT2D eigenvalue weighted by molar-refractivity contribution is 0.0140. The molecule has 2 nitrogen and oxygen atoms in total. The molecule has 0 atom stereocenters. The smallest absolute Gasteiger partial charge is 0.0657 e. The van der Waals surface area contributed by atoms with Crippen molar-refractivity contribution in [3.63, 3.8) is 0 Å². The van der Waals surface area contributed by atoms with E-state index in [0.717, 1.165) is 38.5 Å². The third kappa shape index (κ3) is 24.5. The summed E-state index contributed by atoms with van der Waals surface area (Å²) in [6, 6.07) is 0. The van der Waals surface area contributed by atoms with Crippen molar-refractivity contribution in [2.75, 3.05) is 14.2 Å². The van der Waals surface area contributed by atoms with Crippen molar-refractivity contribution in [2.45, 2.75) is 119 Å². The summed E-state index contributed by atoms with van der Waals surface area (Å²) in [5.74, 6) is 0. The number of ether oxygens (including phenoxy) is 2. The molecule has 0 aliphatic rings. The van der Waals surface area contributed by atoms with E-state index < -0.39 is 0 Å². The van der Waals surface area contributed by atoms with Crippen molar-refractivity contribution in [3.05, 3.63) is 131 Å². The van der Waals surface area contributed by atoms with Gasteiger partial charge in [0.25, 0.3) is 0 Å². The molecular formula is C42H64O2. The van der Waals surface area contributed by atoms with Gasteiger partial charge in [-0.1, -0.05) is 131 Å². The summed E-state index contributed by atoms with van der Waals surface area (Å²) in [7, 11) is 3.55. The summed E-state index contributed by atoms with van der Waals surface area (Å²) in [6.45, 7) is 21.4. The van der Waals surface area contributed by atoms with Crippen molar-refractivity contribution < 1.29 is 9.47 Å². The Morgan fingerprint density at radius 2 is 0.977 bits per heavy atom. The molecule has 0 bridgehead atoms. The molecule has 0 unspecified atom stereocenters. The van der Waals surface area contributed by atoms with E-state index in [-0.39, 0.29) is 11.2 Å². The van der Waals surface area contributed by atoms with Crippen LogP contribution in [0.1, 0.15) is 108 Å². The molecule has 0 aromatic rings. The van der Waals surface area contributed by atoms with Crippen LogP contribution in [-0.4, -0.2) is 25.4 Å². The van der Waals surface area contributed by atoms with Crippen molar-refractivity contribution in [1.82, 2.24) is 0 Å². The molecule has 0 saturated carbocycles. The Morgan fingerprint density at radius 3 is 1.57 bits per heavy atom. The van der Waals surface area contributed by atoms with Gasteiger partial charge >= 0.3 is 0 Å². The van der Waals surface area contributed by atoms with E-state index in [4.69, 9.17) is 9.47 Å². The third-order valence-electron chi connectivity index (χ3n) is 7.48. The lowest BCUT2D eigenvalue weighted by Crippen LogP contribution is -2.21. The largest absolute Gasteiger partial charge is 0.379 e. The van der Waals surface area contributed by atoms with Crippen molar-refractivity contribution >= 4 is 0 Å². The van der Waals surface area contributed by atoms with Gasteiger partial charge in [-0.05, 0) is 108 Å². The first-order valence-electron chi connectivity index (χ1n) is 16.2. The minimum Gasteiger partial charge on any atom is -0.379 e. The Hall–Kier alpha value is -2.94. The van der Waals surface area contributed by atoms with E-state index in [1.165, 1.54) is 33.4 Å². The Morgan fingerprint density at radius 1 is 0.523 bits per heavy atom. The Labute approximate surface area is 272 Å². The second kappa shape index (κ2) is 23.4. The van der Waals surface area contributed by atoms with Gasteiger partial charge in [0.15, 0.2) is 0 Å². The molecule has 0 rings (SSSR count). The minimum absolute atomic E-state index is 0.0288. The van der Waals surface area contributed by atoms with E-state index in [9.17, 15) is 0 Å². The number of hydrogen-bond acceptors (Lipinski definition) is 2. The lowest BCUT2D eigenvalue weighted by atomic mass is 9.99. The van der Waals surface area contributed by atoms with Crippen LogP contribution in [0.3, 0.4) is 0 Å². The maximum absolute atomic E-state index is 5.51. The summed E-state index contributed by atoms with van der Waals surface area (Å²) in [4.78, 5) is 0. The molecule has 0 fully saturated rings. The zero-order valence-electron chi connectivity index (χ0n) is 30.3. The predicted molar refractivity (Wildman–Crippen MR) is 198 cm³/mol. The van der Waals surface area contributed by atoms with Gasteiger partial charge in [0.1, 0.15) is 0 Å². The van der Waals surface area contributed by atoms with Crippen LogP contribution in [-0.2, 0) is 9.47 Å². The number of hydrogen-bond donors (Lipinski definition) is 0. The second-order valence-electron chi connectivity index (χ2n) is 13.1. The predicted octanol–water partition coefficient (Wildman–Crippen LogP) is 12.6. The molecule has 0 radical (unpaired) electrons. The molecule has 0 aromatic carbocycles. The first-order chi connectivity index (χ1) is 20.7. The van der Waals surface area contributed by atoms with Gasteiger partial charge < -0.3 is 9.47 Å². The molecule has 0 aromatic heterocycles. The monoisotopic (exact) mass is 600 g/mol. The molecule has 244 valence electrons.